The highest BCUT2D eigenvalue weighted by molar-refractivity contribution is 7.07. The molecule has 1 aromatic rings. The molecule has 5 heteroatoms. The summed E-state index contributed by atoms with van der Waals surface area (Å²) in [4.78, 5) is 13.0. The number of hydrogen-bond donors (Lipinski definition) is 2. The van der Waals surface area contributed by atoms with E-state index in [4.69, 9.17) is 5.26 Å². The zero-order chi connectivity index (χ0) is 7.40. The molecule has 2 N–H and O–H groups in total. The Hall–Kier alpha value is -1.28. The molecule has 52 valence electrons. The van der Waals surface area contributed by atoms with Crippen molar-refractivity contribution < 1.29 is 0 Å². The molecule has 0 aromatic carbocycles. The van der Waals surface area contributed by atoms with Crippen molar-refractivity contribution in [3.63, 3.8) is 0 Å². The predicted molar refractivity (Wildman–Crippen MR) is 37.4 cm³/mol. The number of hydrogen-bond acceptors (Lipinski definition) is 4. The average molecular weight is 155 g/mol. The predicted octanol–water partition coefficient (Wildman–Crippen LogP) is 0.00708. The van der Waals surface area contributed by atoms with E-state index in [1.807, 2.05) is 0 Å². The second-order valence-corrected chi connectivity index (χ2v) is 2.48. The van der Waals surface area contributed by atoms with Gasteiger partial charge >= 0.3 is 4.87 Å². The molecule has 0 aliphatic carbocycles. The number of aromatic amines is 1. The van der Waals surface area contributed by atoms with E-state index in [1.54, 1.807) is 11.6 Å². The van der Waals surface area contributed by atoms with Gasteiger partial charge in [0.15, 0.2) is 6.19 Å². The Morgan fingerprint density at radius 1 is 1.90 bits per heavy atom. The maximum absolute atomic E-state index is 10.5. The molecule has 0 unspecified atom stereocenters. The van der Waals surface area contributed by atoms with E-state index in [0.717, 1.165) is 17.0 Å². The summed E-state index contributed by atoms with van der Waals surface area (Å²) in [6.45, 7) is 0.398. The number of aromatic nitrogens is 1. The van der Waals surface area contributed by atoms with Crippen LogP contribution in [-0.4, -0.2) is 4.98 Å². The third-order valence-electron chi connectivity index (χ3n) is 0.929. The van der Waals surface area contributed by atoms with E-state index in [9.17, 15) is 4.79 Å². The van der Waals surface area contributed by atoms with Crippen LogP contribution in [0.3, 0.4) is 0 Å². The molecule has 10 heavy (non-hydrogen) atoms. The Morgan fingerprint density at radius 2 is 2.70 bits per heavy atom. The van der Waals surface area contributed by atoms with Gasteiger partial charge in [0.25, 0.3) is 0 Å². The van der Waals surface area contributed by atoms with Crippen molar-refractivity contribution in [2.45, 2.75) is 6.54 Å². The first-order valence-electron chi connectivity index (χ1n) is 2.61. The molecule has 0 aliphatic rings. The summed E-state index contributed by atoms with van der Waals surface area (Å²) in [7, 11) is 0. The Morgan fingerprint density at radius 3 is 3.20 bits per heavy atom. The Labute approximate surface area is 61.1 Å². The molecular weight excluding hydrogens is 150 g/mol. The van der Waals surface area contributed by atoms with Crippen LogP contribution in [0.4, 0.5) is 0 Å². The van der Waals surface area contributed by atoms with E-state index in [1.165, 1.54) is 0 Å². The van der Waals surface area contributed by atoms with Gasteiger partial charge in [-0.1, -0.05) is 11.3 Å². The molecule has 0 aliphatic heterocycles. The van der Waals surface area contributed by atoms with Crippen molar-refractivity contribution >= 4 is 11.3 Å². The van der Waals surface area contributed by atoms with E-state index in [2.05, 4.69) is 10.3 Å². The lowest BCUT2D eigenvalue weighted by Crippen LogP contribution is -2.06. The van der Waals surface area contributed by atoms with E-state index < -0.39 is 0 Å². The number of thiazole rings is 1. The smallest absolute Gasteiger partial charge is 0.304 e. The number of nitriles is 1. The lowest BCUT2D eigenvalue weighted by molar-refractivity contribution is 0.854. The number of nitrogens with one attached hydrogen (secondary N) is 2. The lowest BCUT2D eigenvalue weighted by atomic mass is 10.5. The van der Waals surface area contributed by atoms with Gasteiger partial charge in [-0.2, -0.15) is 5.26 Å². The fourth-order valence-corrected chi connectivity index (χ4v) is 1.12. The van der Waals surface area contributed by atoms with Crippen LogP contribution in [0, 0.1) is 11.5 Å². The molecule has 0 radical (unpaired) electrons. The van der Waals surface area contributed by atoms with Gasteiger partial charge in [0.2, 0.25) is 0 Å². The summed E-state index contributed by atoms with van der Waals surface area (Å²) >= 11 is 1.09. The molecule has 1 aromatic heterocycles. The zero-order valence-corrected chi connectivity index (χ0v) is 5.86. The van der Waals surface area contributed by atoms with Gasteiger partial charge in [0.05, 0.1) is 6.54 Å². The van der Waals surface area contributed by atoms with E-state index in [-0.39, 0.29) is 4.87 Å². The van der Waals surface area contributed by atoms with Crippen LogP contribution in [0.5, 0.6) is 0 Å². The van der Waals surface area contributed by atoms with Crippen molar-refractivity contribution in [3.05, 3.63) is 20.7 Å². The van der Waals surface area contributed by atoms with Crippen molar-refractivity contribution in [2.24, 2.45) is 0 Å². The molecule has 0 saturated heterocycles. The monoisotopic (exact) mass is 155 g/mol. The quantitative estimate of drug-likeness (QED) is 0.467. The SMILES string of the molecule is N#CNCc1csc(=O)[nH]1. The van der Waals surface area contributed by atoms with Gasteiger partial charge in [-0.3, -0.25) is 4.79 Å². The van der Waals surface area contributed by atoms with Crippen molar-refractivity contribution in [1.29, 1.82) is 5.26 Å². The maximum atomic E-state index is 10.5. The van der Waals surface area contributed by atoms with Gasteiger partial charge in [-0.25, -0.2) is 0 Å². The molecule has 0 bridgehead atoms. The van der Waals surface area contributed by atoms with Crippen LogP contribution >= 0.6 is 11.3 Å². The molecule has 0 spiro atoms. The minimum absolute atomic E-state index is 0.0882. The minimum Gasteiger partial charge on any atom is -0.318 e. The number of nitrogens with zero attached hydrogens (tertiary/aromatic N) is 1. The van der Waals surface area contributed by atoms with E-state index in [0.29, 0.717) is 6.54 Å². The van der Waals surface area contributed by atoms with E-state index >= 15 is 0 Å². The molecule has 0 atom stereocenters. The highest BCUT2D eigenvalue weighted by atomic mass is 32.1. The molecule has 1 rings (SSSR count). The van der Waals surface area contributed by atoms with Crippen LogP contribution in [0.25, 0.3) is 0 Å². The van der Waals surface area contributed by atoms with Crippen LogP contribution in [0.1, 0.15) is 5.69 Å². The third kappa shape index (κ3) is 1.60. The molecule has 0 saturated carbocycles. The second kappa shape index (κ2) is 3.03. The van der Waals surface area contributed by atoms with Crippen molar-refractivity contribution in [1.82, 2.24) is 10.3 Å². The highest BCUT2D eigenvalue weighted by Gasteiger charge is 1.92. The van der Waals surface area contributed by atoms with Crippen LogP contribution < -0.4 is 10.2 Å². The minimum atomic E-state index is -0.0882. The summed E-state index contributed by atoms with van der Waals surface area (Å²) in [6.07, 6.45) is 1.76. The summed E-state index contributed by atoms with van der Waals surface area (Å²) in [5.74, 6) is 0. The topological polar surface area (TPSA) is 68.7 Å². The number of H-pyrrole nitrogens is 1. The second-order valence-electron chi connectivity index (χ2n) is 1.64. The lowest BCUT2D eigenvalue weighted by Gasteiger charge is -1.88. The van der Waals surface area contributed by atoms with Gasteiger partial charge in [0.1, 0.15) is 0 Å². The van der Waals surface area contributed by atoms with Crippen LogP contribution in [0.2, 0.25) is 0 Å². The summed E-state index contributed by atoms with van der Waals surface area (Å²) in [5.41, 5.74) is 0.747. The molecular formula is C5H5N3OS. The Bertz CT molecular complexity index is 294. The molecule has 4 nitrogen and oxygen atoms in total. The largest absolute Gasteiger partial charge is 0.318 e. The third-order valence-corrected chi connectivity index (χ3v) is 1.65. The molecule has 1 heterocycles. The molecule has 0 fully saturated rings. The first-order chi connectivity index (χ1) is 4.83. The Kier molecular flexibility index (Phi) is 2.07. The summed E-state index contributed by atoms with van der Waals surface area (Å²) in [6, 6.07) is 0. The standard InChI is InChI=1S/C5H5N3OS/c6-3-7-1-4-2-10-5(9)8-4/h2,7H,1H2,(H,8,9). The fraction of sp³-hybridized carbons (Fsp3) is 0.200. The Balaban J connectivity index is 2.61. The maximum Gasteiger partial charge on any atom is 0.304 e. The van der Waals surface area contributed by atoms with Gasteiger partial charge in [0, 0.05) is 11.1 Å². The molecule has 0 amide bonds. The van der Waals surface area contributed by atoms with Crippen molar-refractivity contribution in [2.75, 3.05) is 0 Å². The van der Waals surface area contributed by atoms with Crippen molar-refractivity contribution in [3.8, 4) is 6.19 Å². The number of rotatable bonds is 2. The van der Waals surface area contributed by atoms with Gasteiger partial charge in [-0.15, -0.1) is 0 Å². The first-order valence-corrected chi connectivity index (χ1v) is 3.49. The van der Waals surface area contributed by atoms with Gasteiger partial charge in [-0.05, 0) is 0 Å². The normalized spacial score (nSPS) is 8.70. The highest BCUT2D eigenvalue weighted by Crippen LogP contribution is 1.92. The summed E-state index contributed by atoms with van der Waals surface area (Å²) in [5, 5.41) is 12.2. The van der Waals surface area contributed by atoms with Crippen LogP contribution in [0.15, 0.2) is 10.2 Å². The zero-order valence-electron chi connectivity index (χ0n) is 5.05. The average Bonchev–Trinajstić information content (AvgIpc) is 2.31. The first kappa shape index (κ1) is 6.83. The van der Waals surface area contributed by atoms with Gasteiger partial charge < -0.3 is 10.3 Å². The fourth-order valence-electron chi connectivity index (χ4n) is 0.535. The summed E-state index contributed by atoms with van der Waals surface area (Å²) < 4.78 is 0. The van der Waals surface area contributed by atoms with Crippen LogP contribution in [-0.2, 0) is 6.54 Å².